The van der Waals surface area contributed by atoms with Gasteiger partial charge in [-0.25, -0.2) is 4.79 Å². The van der Waals surface area contributed by atoms with Gasteiger partial charge in [-0.05, 0) is 55.9 Å². The van der Waals surface area contributed by atoms with E-state index in [1.165, 1.54) is 17.4 Å². The summed E-state index contributed by atoms with van der Waals surface area (Å²) < 4.78 is 5.38. The van der Waals surface area contributed by atoms with E-state index in [2.05, 4.69) is 5.32 Å². The first-order valence-electron chi connectivity index (χ1n) is 9.09. The molecule has 4 nitrogen and oxygen atoms in total. The van der Waals surface area contributed by atoms with E-state index >= 15 is 0 Å². The Labute approximate surface area is 172 Å². The van der Waals surface area contributed by atoms with E-state index in [-0.39, 0.29) is 16.9 Å². The van der Waals surface area contributed by atoms with Gasteiger partial charge in [-0.15, -0.1) is 11.3 Å². The number of aryl methyl sites for hydroxylation is 1. The molecule has 27 heavy (non-hydrogen) atoms. The fraction of sp³-hybridized carbons (Fsp3) is 0.400. The Bertz CT molecular complexity index is 863. The molecule has 1 heterocycles. The lowest BCUT2D eigenvalue weighted by Crippen LogP contribution is -2.16. The average molecular weight is 426 g/mol. The number of fused-ring (bicyclic) bond motifs is 1. The molecule has 0 aliphatic heterocycles. The third-order valence-corrected chi connectivity index (χ3v) is 6.22. The molecule has 1 aromatic carbocycles. The van der Waals surface area contributed by atoms with Gasteiger partial charge in [-0.1, -0.05) is 36.5 Å². The predicted octanol–water partition coefficient (Wildman–Crippen LogP) is 6.14. The number of benzene rings is 1. The van der Waals surface area contributed by atoms with E-state index in [0.717, 1.165) is 49.0 Å². The third kappa shape index (κ3) is 4.65. The normalized spacial score (nSPS) is 13.6. The second-order valence-corrected chi connectivity index (χ2v) is 8.43. The maximum atomic E-state index is 12.7. The summed E-state index contributed by atoms with van der Waals surface area (Å²) >= 11 is 13.5. The molecule has 0 spiro atoms. The molecule has 1 amide bonds. The van der Waals surface area contributed by atoms with Crippen molar-refractivity contribution in [1.82, 2.24) is 0 Å². The van der Waals surface area contributed by atoms with Crippen LogP contribution in [-0.2, 0) is 17.6 Å². The molecule has 1 N–H and O–H groups in total. The number of esters is 1. The first kappa shape index (κ1) is 20.2. The van der Waals surface area contributed by atoms with E-state index < -0.39 is 0 Å². The van der Waals surface area contributed by atoms with Crippen molar-refractivity contribution in [2.45, 2.75) is 45.4 Å². The van der Waals surface area contributed by atoms with Crippen LogP contribution in [0.3, 0.4) is 0 Å². The largest absolute Gasteiger partial charge is 0.462 e. The van der Waals surface area contributed by atoms with E-state index in [1.807, 2.05) is 6.92 Å². The zero-order chi connectivity index (χ0) is 19.4. The fourth-order valence-electron chi connectivity index (χ4n) is 3.16. The highest BCUT2D eigenvalue weighted by Gasteiger charge is 2.27. The Morgan fingerprint density at radius 2 is 1.96 bits per heavy atom. The molecule has 0 fully saturated rings. The Hall–Kier alpha value is -1.56. The number of anilines is 1. The van der Waals surface area contributed by atoms with Gasteiger partial charge in [0.25, 0.3) is 5.91 Å². The monoisotopic (exact) mass is 425 g/mol. The van der Waals surface area contributed by atoms with Crippen molar-refractivity contribution >= 4 is 51.4 Å². The van der Waals surface area contributed by atoms with Gasteiger partial charge in [-0.3, -0.25) is 4.79 Å². The van der Waals surface area contributed by atoms with Crippen molar-refractivity contribution in [3.8, 4) is 0 Å². The second kappa shape index (κ2) is 9.09. The number of nitrogens with one attached hydrogen (secondary N) is 1. The molecule has 0 unspecified atom stereocenters. The van der Waals surface area contributed by atoms with Crippen molar-refractivity contribution in [1.29, 1.82) is 0 Å². The molecule has 0 radical (unpaired) electrons. The Morgan fingerprint density at radius 1 is 1.19 bits per heavy atom. The van der Waals surface area contributed by atoms with Gasteiger partial charge in [0.2, 0.25) is 0 Å². The summed E-state index contributed by atoms with van der Waals surface area (Å²) in [5.74, 6) is -0.730. The molecule has 3 rings (SSSR count). The number of carbonyl (C=O) groups excluding carboxylic acids is 2. The van der Waals surface area contributed by atoms with Crippen LogP contribution in [0.4, 0.5) is 5.00 Å². The lowest BCUT2D eigenvalue weighted by atomic mass is 10.1. The van der Waals surface area contributed by atoms with Crippen LogP contribution >= 0.6 is 34.5 Å². The standard InChI is InChI=1S/C20H21Cl2NO3S/c1-2-10-26-20(25)17-14-6-4-3-5-7-16(14)27-19(17)23-18(24)13-9-8-12(21)11-15(13)22/h8-9,11H,2-7,10H2,1H3,(H,23,24). The number of halogens is 2. The molecule has 0 atom stereocenters. The van der Waals surface area contributed by atoms with Crippen LogP contribution in [0, 0.1) is 0 Å². The Kier molecular flexibility index (Phi) is 6.79. The third-order valence-electron chi connectivity index (χ3n) is 4.47. The zero-order valence-corrected chi connectivity index (χ0v) is 17.4. The summed E-state index contributed by atoms with van der Waals surface area (Å²) in [6.45, 7) is 2.31. The zero-order valence-electron chi connectivity index (χ0n) is 15.1. The van der Waals surface area contributed by atoms with Crippen LogP contribution in [0.25, 0.3) is 0 Å². The summed E-state index contributed by atoms with van der Waals surface area (Å²) in [7, 11) is 0. The molecule has 1 aliphatic rings. The minimum absolute atomic E-state index is 0.272. The van der Waals surface area contributed by atoms with Crippen LogP contribution in [0.2, 0.25) is 10.0 Å². The number of thiophene rings is 1. The van der Waals surface area contributed by atoms with Crippen LogP contribution in [0.1, 0.15) is 63.8 Å². The summed E-state index contributed by atoms with van der Waals surface area (Å²) in [6.07, 6.45) is 5.78. The van der Waals surface area contributed by atoms with Gasteiger partial charge in [-0.2, -0.15) is 0 Å². The molecule has 2 aromatic rings. The minimum atomic E-state index is -0.367. The molecule has 0 bridgehead atoms. The van der Waals surface area contributed by atoms with Crippen LogP contribution in [0.15, 0.2) is 18.2 Å². The van der Waals surface area contributed by atoms with E-state index in [4.69, 9.17) is 27.9 Å². The summed E-state index contributed by atoms with van der Waals surface area (Å²) in [4.78, 5) is 26.6. The molecule has 1 aromatic heterocycles. The first-order chi connectivity index (χ1) is 13.0. The molecule has 0 saturated heterocycles. The lowest BCUT2D eigenvalue weighted by molar-refractivity contribution is 0.0505. The summed E-state index contributed by atoms with van der Waals surface area (Å²) in [6, 6.07) is 4.72. The Balaban J connectivity index is 1.94. The molecule has 1 aliphatic carbocycles. The maximum absolute atomic E-state index is 12.7. The van der Waals surface area contributed by atoms with Crippen molar-refractivity contribution < 1.29 is 14.3 Å². The van der Waals surface area contributed by atoms with Gasteiger partial charge in [0, 0.05) is 9.90 Å². The van der Waals surface area contributed by atoms with Crippen molar-refractivity contribution in [3.05, 3.63) is 49.8 Å². The molecule has 7 heteroatoms. The molecule has 0 saturated carbocycles. The van der Waals surface area contributed by atoms with E-state index in [1.54, 1.807) is 12.1 Å². The first-order valence-corrected chi connectivity index (χ1v) is 10.7. The van der Waals surface area contributed by atoms with E-state index in [9.17, 15) is 9.59 Å². The number of rotatable bonds is 5. The minimum Gasteiger partial charge on any atom is -0.462 e. The topological polar surface area (TPSA) is 55.4 Å². The molecule has 144 valence electrons. The predicted molar refractivity (Wildman–Crippen MR) is 111 cm³/mol. The number of hydrogen-bond acceptors (Lipinski definition) is 4. The SMILES string of the molecule is CCCOC(=O)c1c(NC(=O)c2ccc(Cl)cc2Cl)sc2c1CCCCC2. The van der Waals surface area contributed by atoms with Gasteiger partial charge in [0.05, 0.1) is 22.8 Å². The molecular weight excluding hydrogens is 405 g/mol. The summed E-state index contributed by atoms with van der Waals surface area (Å²) in [5.41, 5.74) is 1.84. The van der Waals surface area contributed by atoms with Gasteiger partial charge in [0.1, 0.15) is 5.00 Å². The number of amides is 1. The lowest BCUT2D eigenvalue weighted by Gasteiger charge is -2.10. The quantitative estimate of drug-likeness (QED) is 0.461. The van der Waals surface area contributed by atoms with Crippen molar-refractivity contribution in [2.75, 3.05) is 11.9 Å². The average Bonchev–Trinajstić information content (AvgIpc) is 2.80. The number of carbonyl (C=O) groups is 2. The second-order valence-electron chi connectivity index (χ2n) is 6.48. The van der Waals surface area contributed by atoms with Gasteiger partial charge in [0.15, 0.2) is 0 Å². The van der Waals surface area contributed by atoms with Gasteiger partial charge < -0.3 is 10.1 Å². The smallest absolute Gasteiger partial charge is 0.341 e. The number of hydrogen-bond donors (Lipinski definition) is 1. The van der Waals surface area contributed by atoms with Crippen molar-refractivity contribution in [3.63, 3.8) is 0 Å². The highest BCUT2D eigenvalue weighted by atomic mass is 35.5. The number of ether oxygens (including phenoxy) is 1. The van der Waals surface area contributed by atoms with Crippen molar-refractivity contribution in [2.24, 2.45) is 0 Å². The van der Waals surface area contributed by atoms with E-state index in [0.29, 0.717) is 27.8 Å². The fourth-order valence-corrected chi connectivity index (χ4v) is 4.92. The maximum Gasteiger partial charge on any atom is 0.341 e. The molecular formula is C20H21Cl2NO3S. The highest BCUT2D eigenvalue weighted by Crippen LogP contribution is 2.38. The summed E-state index contributed by atoms with van der Waals surface area (Å²) in [5, 5.41) is 4.15. The Morgan fingerprint density at radius 3 is 2.70 bits per heavy atom. The van der Waals surface area contributed by atoms with Gasteiger partial charge >= 0.3 is 5.97 Å². The van der Waals surface area contributed by atoms with Crippen LogP contribution in [0.5, 0.6) is 0 Å². The van der Waals surface area contributed by atoms with Crippen LogP contribution in [-0.4, -0.2) is 18.5 Å². The highest BCUT2D eigenvalue weighted by molar-refractivity contribution is 7.17. The van der Waals surface area contributed by atoms with Crippen LogP contribution < -0.4 is 5.32 Å².